The molecule has 0 radical (unpaired) electrons. The Bertz CT molecular complexity index is 1320. The summed E-state index contributed by atoms with van der Waals surface area (Å²) in [6, 6.07) is 12.4. The Morgan fingerprint density at radius 1 is 1.20 bits per heavy atom. The number of nitrogens with zero attached hydrogens (tertiary/aromatic N) is 2. The van der Waals surface area contributed by atoms with Crippen LogP contribution in [-0.4, -0.2) is 48.3 Å². The summed E-state index contributed by atoms with van der Waals surface area (Å²) in [5, 5.41) is 7.44. The lowest BCUT2D eigenvalue weighted by molar-refractivity contribution is -0.118. The average molecular weight is 502 g/mol. The maximum atomic E-state index is 13.1. The van der Waals surface area contributed by atoms with Crippen LogP contribution in [0.15, 0.2) is 48.5 Å². The van der Waals surface area contributed by atoms with E-state index in [-0.39, 0.29) is 30.3 Å². The lowest BCUT2D eigenvalue weighted by Crippen LogP contribution is -2.23. The molecule has 1 atom stereocenters. The molecule has 0 saturated carbocycles. The maximum Gasteiger partial charge on any atom is 0.263 e. The molecule has 1 aliphatic rings. The van der Waals surface area contributed by atoms with Crippen LogP contribution in [0.1, 0.15) is 31.9 Å². The Labute approximate surface area is 204 Å². The van der Waals surface area contributed by atoms with Crippen molar-refractivity contribution in [3.63, 3.8) is 0 Å². The van der Waals surface area contributed by atoms with Gasteiger partial charge in [0.2, 0.25) is 0 Å². The second kappa shape index (κ2) is 10.1. The summed E-state index contributed by atoms with van der Waals surface area (Å²) in [6.45, 7) is 5.56. The number of carbonyl (C=O) groups excluding carboxylic acids is 1. The lowest BCUT2D eigenvalue weighted by Gasteiger charge is -2.14. The Balaban J connectivity index is 1.57. The van der Waals surface area contributed by atoms with Crippen molar-refractivity contribution in [3.8, 4) is 22.8 Å². The number of rotatable bonds is 8. The zero-order chi connectivity index (χ0) is 25.2. The second-order valence-corrected chi connectivity index (χ2v) is 11.1. The number of benzene rings is 2. The smallest absolute Gasteiger partial charge is 0.263 e. The fourth-order valence-corrected chi connectivity index (χ4v) is 5.62. The number of hydrogen-bond donors (Lipinski definition) is 1. The number of carbonyl (C=O) groups is 1. The quantitative estimate of drug-likeness (QED) is 0.498. The fourth-order valence-electron chi connectivity index (χ4n) is 3.93. The lowest BCUT2D eigenvalue weighted by atomic mass is 10.1. The molecule has 1 aliphatic heterocycles. The van der Waals surface area contributed by atoms with Crippen molar-refractivity contribution in [3.05, 3.63) is 59.9 Å². The van der Waals surface area contributed by atoms with Crippen molar-refractivity contribution >= 4 is 21.6 Å². The molecule has 1 unspecified atom stereocenters. The molecule has 1 N–H and O–H groups in total. The Morgan fingerprint density at radius 2 is 1.94 bits per heavy atom. The minimum atomic E-state index is -3.16. The molecule has 1 aromatic heterocycles. The standard InChI is InChI=1S/C25H28FN3O5S/c1-16(2)34-23-9-4-18(12-17(23)3)22-13-24(29(28-22)20-10-11-35(31,32)15-20)27-25(30)14-33-21-7-5-19(26)6-8-21/h4-9,12-13,16,20H,10-11,14-15H2,1-3H3,(H,27,30). The van der Waals surface area contributed by atoms with Crippen molar-refractivity contribution in [2.45, 2.75) is 39.3 Å². The molecule has 1 amide bonds. The van der Waals surface area contributed by atoms with Crippen LogP contribution in [0, 0.1) is 12.7 Å². The number of amides is 1. The molecule has 2 aromatic carbocycles. The normalized spacial score (nSPS) is 16.9. The van der Waals surface area contributed by atoms with Crippen molar-refractivity contribution in [1.82, 2.24) is 9.78 Å². The topological polar surface area (TPSA) is 99.5 Å². The molecule has 35 heavy (non-hydrogen) atoms. The highest BCUT2D eigenvalue weighted by Gasteiger charge is 2.32. The number of anilines is 1. The van der Waals surface area contributed by atoms with E-state index in [1.54, 1.807) is 10.7 Å². The SMILES string of the molecule is Cc1cc(-c2cc(NC(=O)COc3ccc(F)cc3)n(C3CCS(=O)(=O)C3)n2)ccc1OC(C)C. The van der Waals surface area contributed by atoms with E-state index in [2.05, 4.69) is 10.4 Å². The van der Waals surface area contributed by atoms with Gasteiger partial charge in [0.05, 0.1) is 29.3 Å². The third-order valence-corrected chi connectivity index (χ3v) is 7.32. The van der Waals surface area contributed by atoms with Crippen molar-refractivity contribution < 1.29 is 27.1 Å². The van der Waals surface area contributed by atoms with Gasteiger partial charge in [0, 0.05) is 11.6 Å². The number of nitrogens with one attached hydrogen (secondary N) is 1. The van der Waals surface area contributed by atoms with E-state index in [9.17, 15) is 17.6 Å². The summed E-state index contributed by atoms with van der Waals surface area (Å²) in [4.78, 5) is 12.6. The van der Waals surface area contributed by atoms with Crippen LogP contribution < -0.4 is 14.8 Å². The number of hydrogen-bond acceptors (Lipinski definition) is 6. The van der Waals surface area contributed by atoms with Gasteiger partial charge in [0.25, 0.3) is 5.91 Å². The molecule has 186 valence electrons. The molecule has 0 bridgehead atoms. The highest BCUT2D eigenvalue weighted by molar-refractivity contribution is 7.91. The molecule has 10 heteroatoms. The third-order valence-electron chi connectivity index (χ3n) is 5.57. The Morgan fingerprint density at radius 3 is 2.57 bits per heavy atom. The maximum absolute atomic E-state index is 13.1. The van der Waals surface area contributed by atoms with Gasteiger partial charge in [0.15, 0.2) is 16.4 Å². The van der Waals surface area contributed by atoms with Gasteiger partial charge in [0.1, 0.15) is 23.1 Å². The van der Waals surface area contributed by atoms with Gasteiger partial charge >= 0.3 is 0 Å². The van der Waals surface area contributed by atoms with Gasteiger partial charge in [-0.3, -0.25) is 4.79 Å². The van der Waals surface area contributed by atoms with E-state index in [0.29, 0.717) is 23.7 Å². The molecule has 0 aliphatic carbocycles. The molecule has 3 aromatic rings. The van der Waals surface area contributed by atoms with E-state index in [0.717, 1.165) is 16.9 Å². The number of halogens is 1. The van der Waals surface area contributed by atoms with E-state index in [1.807, 2.05) is 39.0 Å². The van der Waals surface area contributed by atoms with E-state index in [4.69, 9.17) is 9.47 Å². The first-order valence-corrected chi connectivity index (χ1v) is 13.2. The van der Waals surface area contributed by atoms with Gasteiger partial charge in [-0.25, -0.2) is 17.5 Å². The Kier molecular flexibility index (Phi) is 7.11. The van der Waals surface area contributed by atoms with Gasteiger partial charge in [-0.15, -0.1) is 0 Å². The van der Waals surface area contributed by atoms with Gasteiger partial charge in [-0.1, -0.05) is 0 Å². The summed E-state index contributed by atoms with van der Waals surface area (Å²) in [5.74, 6) is 0.712. The van der Waals surface area contributed by atoms with Crippen LogP contribution in [0.5, 0.6) is 11.5 Å². The summed E-state index contributed by atoms with van der Waals surface area (Å²) in [5.41, 5.74) is 2.35. The fraction of sp³-hybridized carbons (Fsp3) is 0.360. The number of ether oxygens (including phenoxy) is 2. The van der Waals surface area contributed by atoms with Gasteiger partial charge in [-0.2, -0.15) is 5.10 Å². The van der Waals surface area contributed by atoms with Gasteiger partial charge in [-0.05, 0) is 75.2 Å². The van der Waals surface area contributed by atoms with Crippen LogP contribution in [0.2, 0.25) is 0 Å². The molecule has 4 rings (SSSR count). The van der Waals surface area contributed by atoms with Crippen molar-refractivity contribution in [1.29, 1.82) is 0 Å². The summed E-state index contributed by atoms with van der Waals surface area (Å²) < 4.78 is 50.1. The predicted octanol–water partition coefficient (Wildman–Crippen LogP) is 4.16. The van der Waals surface area contributed by atoms with Crippen molar-refractivity contribution in [2.75, 3.05) is 23.4 Å². The number of aromatic nitrogens is 2. The van der Waals surface area contributed by atoms with Crippen LogP contribution in [0.3, 0.4) is 0 Å². The molecule has 0 spiro atoms. The number of sulfone groups is 1. The minimum Gasteiger partial charge on any atom is -0.491 e. The predicted molar refractivity (Wildman–Crippen MR) is 131 cm³/mol. The van der Waals surface area contributed by atoms with Crippen molar-refractivity contribution in [2.24, 2.45) is 0 Å². The van der Waals surface area contributed by atoms with E-state index in [1.165, 1.54) is 24.3 Å². The summed E-state index contributed by atoms with van der Waals surface area (Å²) in [6.07, 6.45) is 0.459. The van der Waals surface area contributed by atoms with Crippen LogP contribution in [-0.2, 0) is 14.6 Å². The first kappa shape index (κ1) is 24.7. The molecular formula is C25H28FN3O5S. The molecule has 1 fully saturated rings. The third kappa shape index (κ3) is 6.19. The summed E-state index contributed by atoms with van der Waals surface area (Å²) >= 11 is 0. The zero-order valence-electron chi connectivity index (χ0n) is 19.8. The second-order valence-electron chi connectivity index (χ2n) is 8.85. The first-order valence-electron chi connectivity index (χ1n) is 11.4. The Hall–Kier alpha value is -3.40. The van der Waals surface area contributed by atoms with Crippen LogP contribution in [0.4, 0.5) is 10.2 Å². The van der Waals surface area contributed by atoms with E-state index < -0.39 is 21.6 Å². The van der Waals surface area contributed by atoms with E-state index >= 15 is 0 Å². The van der Waals surface area contributed by atoms with Crippen LogP contribution in [0.25, 0.3) is 11.3 Å². The first-order chi connectivity index (χ1) is 16.6. The van der Waals surface area contributed by atoms with Crippen LogP contribution >= 0.6 is 0 Å². The molecule has 8 nitrogen and oxygen atoms in total. The zero-order valence-corrected chi connectivity index (χ0v) is 20.6. The highest BCUT2D eigenvalue weighted by atomic mass is 32.2. The largest absolute Gasteiger partial charge is 0.491 e. The number of aryl methyl sites for hydroxylation is 1. The molecule has 2 heterocycles. The average Bonchev–Trinajstić information content (AvgIpc) is 3.37. The minimum absolute atomic E-state index is 0.0384. The molecule has 1 saturated heterocycles. The summed E-state index contributed by atoms with van der Waals surface area (Å²) in [7, 11) is -3.16. The molecular weight excluding hydrogens is 473 g/mol. The monoisotopic (exact) mass is 501 g/mol. The highest BCUT2D eigenvalue weighted by Crippen LogP contribution is 2.32. The van der Waals surface area contributed by atoms with Gasteiger partial charge < -0.3 is 14.8 Å².